The number of fused-ring (bicyclic) bond motifs is 3. The summed E-state index contributed by atoms with van der Waals surface area (Å²) in [7, 11) is 1.74. The quantitative estimate of drug-likeness (QED) is 0.413. The largest absolute Gasteiger partial charge is 0.421 e. The van der Waals surface area contributed by atoms with Crippen molar-refractivity contribution in [3.63, 3.8) is 0 Å². The molecular formula is C24H20F2N6O. The molecule has 33 heavy (non-hydrogen) atoms. The number of nitrogens with one attached hydrogen (secondary N) is 1. The number of nitrogens with two attached hydrogens (primary N) is 1. The SMILES string of the molecule is CNc1cc(F)cc2c1Cc1nc(Oc3cnc(C)nc3)nc(-c3ccc(F)cc3CN)c1-2. The predicted molar refractivity (Wildman–Crippen MR) is 120 cm³/mol. The van der Waals surface area contributed by atoms with Gasteiger partial charge in [-0.25, -0.2) is 18.7 Å². The lowest BCUT2D eigenvalue weighted by Crippen LogP contribution is -2.04. The second kappa shape index (κ2) is 8.18. The van der Waals surface area contributed by atoms with Crippen LogP contribution in [0.4, 0.5) is 14.5 Å². The van der Waals surface area contributed by atoms with Crippen molar-refractivity contribution < 1.29 is 13.5 Å². The van der Waals surface area contributed by atoms with Crippen LogP contribution in [0.1, 0.15) is 22.6 Å². The van der Waals surface area contributed by atoms with Gasteiger partial charge in [0, 0.05) is 36.8 Å². The fourth-order valence-corrected chi connectivity index (χ4v) is 4.08. The maximum atomic E-state index is 14.4. The number of anilines is 1. The van der Waals surface area contributed by atoms with Gasteiger partial charge in [-0.3, -0.25) is 0 Å². The average molecular weight is 446 g/mol. The third kappa shape index (κ3) is 3.76. The highest BCUT2D eigenvalue weighted by atomic mass is 19.1. The van der Waals surface area contributed by atoms with Gasteiger partial charge in [0.15, 0.2) is 5.75 Å². The van der Waals surface area contributed by atoms with Gasteiger partial charge in [-0.2, -0.15) is 9.97 Å². The van der Waals surface area contributed by atoms with Crippen molar-refractivity contribution in [3.8, 4) is 34.1 Å². The van der Waals surface area contributed by atoms with E-state index in [9.17, 15) is 8.78 Å². The van der Waals surface area contributed by atoms with Crippen LogP contribution in [0.2, 0.25) is 0 Å². The molecule has 0 saturated carbocycles. The minimum absolute atomic E-state index is 0.0859. The standard InChI is InChI=1S/C24H20F2N6O/c1-12-29-10-16(11-30-12)33-24-31-21-8-18-19(6-15(26)7-20(18)28-2)22(21)23(32-24)17-4-3-14(25)5-13(17)9-27/h3-7,10-11,28H,8-9,27H2,1-2H3. The smallest absolute Gasteiger partial charge is 0.322 e. The van der Waals surface area contributed by atoms with E-state index in [-0.39, 0.29) is 18.4 Å². The van der Waals surface area contributed by atoms with Crippen molar-refractivity contribution in [1.29, 1.82) is 0 Å². The molecule has 0 amide bonds. The molecule has 0 atom stereocenters. The lowest BCUT2D eigenvalue weighted by molar-refractivity contribution is 0.436. The molecule has 2 heterocycles. The van der Waals surface area contributed by atoms with Crippen molar-refractivity contribution in [2.45, 2.75) is 19.9 Å². The number of nitrogens with zero attached hydrogens (tertiary/aromatic N) is 4. The van der Waals surface area contributed by atoms with Crippen LogP contribution in [0, 0.1) is 18.6 Å². The molecule has 3 N–H and O–H groups in total. The van der Waals surface area contributed by atoms with Crippen molar-refractivity contribution in [3.05, 3.63) is 77.0 Å². The number of hydrogen-bond donors (Lipinski definition) is 2. The Morgan fingerprint density at radius 3 is 2.55 bits per heavy atom. The first-order valence-electron chi connectivity index (χ1n) is 10.3. The summed E-state index contributed by atoms with van der Waals surface area (Å²) in [5.41, 5.74) is 11.2. The van der Waals surface area contributed by atoms with Gasteiger partial charge < -0.3 is 15.8 Å². The molecule has 0 fully saturated rings. The molecule has 0 spiro atoms. The highest BCUT2D eigenvalue weighted by molar-refractivity contribution is 5.91. The maximum Gasteiger partial charge on any atom is 0.322 e. The summed E-state index contributed by atoms with van der Waals surface area (Å²) in [6, 6.07) is 7.34. The second-order valence-corrected chi connectivity index (χ2v) is 7.66. The Balaban J connectivity index is 1.73. The molecule has 0 saturated heterocycles. The van der Waals surface area contributed by atoms with Crippen LogP contribution in [-0.2, 0) is 13.0 Å². The summed E-state index contributed by atoms with van der Waals surface area (Å²) in [5, 5.41) is 3.05. The molecule has 0 aliphatic heterocycles. The van der Waals surface area contributed by atoms with E-state index in [0.717, 1.165) is 5.56 Å². The molecule has 2 aromatic carbocycles. The van der Waals surface area contributed by atoms with Gasteiger partial charge in [0.2, 0.25) is 0 Å². The first kappa shape index (κ1) is 20.9. The molecule has 7 nitrogen and oxygen atoms in total. The number of aromatic nitrogens is 4. The van der Waals surface area contributed by atoms with E-state index in [4.69, 9.17) is 10.5 Å². The molecule has 1 aliphatic carbocycles. The number of rotatable bonds is 5. The molecule has 166 valence electrons. The van der Waals surface area contributed by atoms with E-state index >= 15 is 0 Å². The Labute approximate surface area is 188 Å². The molecule has 0 bridgehead atoms. The van der Waals surface area contributed by atoms with Crippen molar-refractivity contribution in [1.82, 2.24) is 19.9 Å². The van der Waals surface area contributed by atoms with Gasteiger partial charge in [-0.15, -0.1) is 0 Å². The summed E-state index contributed by atoms with van der Waals surface area (Å²) >= 11 is 0. The number of aryl methyl sites for hydroxylation is 1. The van der Waals surface area contributed by atoms with E-state index in [1.807, 2.05) is 0 Å². The van der Waals surface area contributed by atoms with E-state index in [1.165, 1.54) is 36.7 Å². The predicted octanol–water partition coefficient (Wildman–Crippen LogP) is 4.38. The molecule has 9 heteroatoms. The Kier molecular flexibility index (Phi) is 5.18. The zero-order chi connectivity index (χ0) is 23.1. The van der Waals surface area contributed by atoms with Gasteiger partial charge in [0.25, 0.3) is 0 Å². The Morgan fingerprint density at radius 2 is 1.82 bits per heavy atom. The van der Waals surface area contributed by atoms with Crippen molar-refractivity contribution in [2.24, 2.45) is 5.73 Å². The van der Waals surface area contributed by atoms with E-state index in [2.05, 4.69) is 25.3 Å². The first-order valence-corrected chi connectivity index (χ1v) is 10.3. The topological polar surface area (TPSA) is 98.8 Å². The first-order chi connectivity index (χ1) is 16.0. The number of ether oxygens (including phenoxy) is 1. The van der Waals surface area contributed by atoms with E-state index < -0.39 is 5.82 Å². The van der Waals surface area contributed by atoms with Crippen LogP contribution in [0.5, 0.6) is 11.8 Å². The summed E-state index contributed by atoms with van der Waals surface area (Å²) in [6.07, 6.45) is 3.52. The summed E-state index contributed by atoms with van der Waals surface area (Å²) in [5.74, 6) is 0.199. The lowest BCUT2D eigenvalue weighted by Gasteiger charge is -2.14. The van der Waals surface area contributed by atoms with Crippen LogP contribution < -0.4 is 15.8 Å². The average Bonchev–Trinajstić information content (AvgIpc) is 3.17. The Bertz CT molecular complexity index is 1370. The summed E-state index contributed by atoms with van der Waals surface area (Å²) in [4.78, 5) is 17.5. The van der Waals surface area contributed by atoms with E-state index in [1.54, 1.807) is 20.0 Å². The zero-order valence-electron chi connectivity index (χ0n) is 18.0. The highest BCUT2D eigenvalue weighted by Gasteiger charge is 2.29. The minimum atomic E-state index is -0.401. The normalized spacial score (nSPS) is 11.8. The van der Waals surface area contributed by atoms with Gasteiger partial charge in [-0.1, -0.05) is 0 Å². The summed E-state index contributed by atoms with van der Waals surface area (Å²) in [6.45, 7) is 1.87. The number of benzene rings is 2. The third-order valence-corrected chi connectivity index (χ3v) is 5.57. The monoisotopic (exact) mass is 446 g/mol. The second-order valence-electron chi connectivity index (χ2n) is 7.66. The molecule has 0 unspecified atom stereocenters. The minimum Gasteiger partial charge on any atom is -0.421 e. The molecule has 0 radical (unpaired) electrons. The van der Waals surface area contributed by atoms with Crippen LogP contribution in [0.15, 0.2) is 42.7 Å². The van der Waals surface area contributed by atoms with Crippen LogP contribution in [-0.4, -0.2) is 27.0 Å². The van der Waals surface area contributed by atoms with Crippen LogP contribution >= 0.6 is 0 Å². The Hall–Kier alpha value is -3.98. The van der Waals surface area contributed by atoms with Gasteiger partial charge >= 0.3 is 6.01 Å². The third-order valence-electron chi connectivity index (χ3n) is 5.57. The molecular weight excluding hydrogens is 426 g/mol. The van der Waals surface area contributed by atoms with Crippen LogP contribution in [0.3, 0.4) is 0 Å². The fraction of sp³-hybridized carbons (Fsp3) is 0.167. The molecule has 5 rings (SSSR count). The Morgan fingerprint density at radius 1 is 1.03 bits per heavy atom. The number of halogens is 2. The molecule has 4 aromatic rings. The highest BCUT2D eigenvalue weighted by Crippen LogP contribution is 2.46. The van der Waals surface area contributed by atoms with Gasteiger partial charge in [0.1, 0.15) is 17.5 Å². The van der Waals surface area contributed by atoms with E-state index in [0.29, 0.717) is 57.3 Å². The van der Waals surface area contributed by atoms with Crippen molar-refractivity contribution in [2.75, 3.05) is 12.4 Å². The maximum absolute atomic E-state index is 14.4. The van der Waals surface area contributed by atoms with Crippen molar-refractivity contribution >= 4 is 5.69 Å². The molecule has 2 aromatic heterocycles. The summed E-state index contributed by atoms with van der Waals surface area (Å²) < 4.78 is 34.2. The van der Waals surface area contributed by atoms with Gasteiger partial charge in [-0.05, 0) is 53.9 Å². The fourth-order valence-electron chi connectivity index (χ4n) is 4.08. The zero-order valence-corrected chi connectivity index (χ0v) is 18.0. The lowest BCUT2D eigenvalue weighted by atomic mass is 9.96. The number of hydrogen-bond acceptors (Lipinski definition) is 7. The van der Waals surface area contributed by atoms with Gasteiger partial charge in [0.05, 0.1) is 23.8 Å². The van der Waals surface area contributed by atoms with Crippen LogP contribution in [0.25, 0.3) is 22.4 Å². The molecule has 1 aliphatic rings.